The fraction of sp³-hybridized carbons (Fsp3) is 0.800. The SMILES string of the molecule is CCC(CC)(OP(=O)(O)C(C)(O)CC)C(C)C1CC(O)C(n2cc(C)c(=O)[nH]c2=O)O1. The Balaban J connectivity index is 2.35. The standard InChI is InChI=1S/C20H35N2O8P/c1-7-19(6,26)31(27,28)30-20(8-2,9-3)13(5)15-10-14(23)17(29-15)22-11-12(4)16(24)21-18(22)25/h11,13-15,17,23,26H,7-10H2,1-6H3,(H,27,28)(H,21,24,25). The molecule has 4 N–H and O–H groups in total. The monoisotopic (exact) mass is 462 g/mol. The summed E-state index contributed by atoms with van der Waals surface area (Å²) in [6, 6.07) is 0. The van der Waals surface area contributed by atoms with Crippen molar-refractivity contribution in [1.82, 2.24) is 9.55 Å². The molecular weight excluding hydrogens is 427 g/mol. The normalized spacial score (nSPS) is 26.9. The van der Waals surface area contributed by atoms with Gasteiger partial charge < -0.3 is 19.8 Å². The van der Waals surface area contributed by atoms with E-state index in [4.69, 9.17) is 9.26 Å². The van der Waals surface area contributed by atoms with Gasteiger partial charge in [-0.3, -0.25) is 23.4 Å². The Morgan fingerprint density at radius 3 is 2.42 bits per heavy atom. The zero-order chi connectivity index (χ0) is 23.8. The van der Waals surface area contributed by atoms with Gasteiger partial charge in [0, 0.05) is 24.1 Å². The third kappa shape index (κ3) is 4.89. The van der Waals surface area contributed by atoms with E-state index in [1.165, 1.54) is 13.1 Å². The van der Waals surface area contributed by atoms with E-state index in [1.807, 2.05) is 13.8 Å². The fourth-order valence-electron chi connectivity index (χ4n) is 4.02. The minimum absolute atomic E-state index is 0.0356. The molecule has 10 nitrogen and oxygen atoms in total. The van der Waals surface area contributed by atoms with Gasteiger partial charge in [0.05, 0.1) is 11.7 Å². The minimum atomic E-state index is -4.41. The van der Waals surface area contributed by atoms with Crippen LogP contribution in [0.25, 0.3) is 0 Å². The molecule has 1 aliphatic heterocycles. The second-order valence-corrected chi connectivity index (χ2v) is 10.8. The molecule has 6 atom stereocenters. The Morgan fingerprint density at radius 1 is 1.32 bits per heavy atom. The summed E-state index contributed by atoms with van der Waals surface area (Å²) in [5, 5.41) is 19.1. The van der Waals surface area contributed by atoms with Crippen LogP contribution in [-0.4, -0.2) is 47.8 Å². The Morgan fingerprint density at radius 2 is 1.90 bits per heavy atom. The number of aromatic nitrogens is 2. The molecule has 0 aliphatic carbocycles. The Labute approximate surface area is 181 Å². The smallest absolute Gasteiger partial charge is 0.359 e. The van der Waals surface area contributed by atoms with Crippen molar-refractivity contribution in [3.05, 3.63) is 32.6 Å². The molecule has 0 radical (unpaired) electrons. The topological polar surface area (TPSA) is 151 Å². The van der Waals surface area contributed by atoms with Gasteiger partial charge in [-0.05, 0) is 33.1 Å². The van der Waals surface area contributed by atoms with Gasteiger partial charge in [-0.1, -0.05) is 27.7 Å². The number of aryl methyl sites for hydroxylation is 1. The van der Waals surface area contributed by atoms with Crippen LogP contribution in [0.2, 0.25) is 0 Å². The molecule has 1 fully saturated rings. The van der Waals surface area contributed by atoms with Gasteiger partial charge in [0.25, 0.3) is 5.56 Å². The molecular formula is C20H35N2O8P. The maximum Gasteiger partial charge on any atom is 0.359 e. The van der Waals surface area contributed by atoms with Crippen molar-refractivity contribution in [3.8, 4) is 0 Å². The van der Waals surface area contributed by atoms with Crippen LogP contribution in [0.4, 0.5) is 0 Å². The van der Waals surface area contributed by atoms with E-state index < -0.39 is 54.1 Å². The summed E-state index contributed by atoms with van der Waals surface area (Å²) >= 11 is 0. The molecule has 31 heavy (non-hydrogen) atoms. The highest BCUT2D eigenvalue weighted by Crippen LogP contribution is 2.60. The molecule has 1 aliphatic rings. The van der Waals surface area contributed by atoms with Crippen LogP contribution in [0.3, 0.4) is 0 Å². The molecule has 1 saturated heterocycles. The third-order valence-corrected chi connectivity index (χ3v) is 8.85. The number of ether oxygens (including phenoxy) is 1. The summed E-state index contributed by atoms with van der Waals surface area (Å²) in [6.45, 7) is 9.85. The second-order valence-electron chi connectivity index (χ2n) is 8.59. The summed E-state index contributed by atoms with van der Waals surface area (Å²) < 4.78 is 25.8. The molecule has 2 heterocycles. The first kappa shape index (κ1) is 26.0. The Hall–Kier alpha value is -1.29. The number of rotatable bonds is 9. The predicted octanol–water partition coefficient (Wildman–Crippen LogP) is 2.01. The third-order valence-electron chi connectivity index (χ3n) is 6.71. The van der Waals surface area contributed by atoms with Gasteiger partial charge in [-0.15, -0.1) is 0 Å². The maximum atomic E-state index is 12.9. The number of hydrogen-bond donors (Lipinski definition) is 4. The molecule has 178 valence electrons. The molecule has 2 rings (SSSR count). The minimum Gasteiger partial charge on any atom is -0.388 e. The average molecular weight is 462 g/mol. The largest absolute Gasteiger partial charge is 0.388 e. The lowest BCUT2D eigenvalue weighted by atomic mass is 9.79. The van der Waals surface area contributed by atoms with Crippen molar-refractivity contribution in [3.63, 3.8) is 0 Å². The molecule has 1 aromatic rings. The zero-order valence-electron chi connectivity index (χ0n) is 19.0. The van der Waals surface area contributed by atoms with Crippen molar-refractivity contribution >= 4 is 7.60 Å². The lowest BCUT2D eigenvalue weighted by molar-refractivity contribution is -0.105. The second kappa shape index (κ2) is 9.29. The van der Waals surface area contributed by atoms with E-state index >= 15 is 0 Å². The van der Waals surface area contributed by atoms with Gasteiger partial charge in [0.1, 0.15) is 6.10 Å². The van der Waals surface area contributed by atoms with Crippen molar-refractivity contribution < 1.29 is 28.9 Å². The van der Waals surface area contributed by atoms with Gasteiger partial charge >= 0.3 is 13.3 Å². The van der Waals surface area contributed by atoms with Crippen LogP contribution in [0.1, 0.15) is 72.1 Å². The van der Waals surface area contributed by atoms with Crippen molar-refractivity contribution in [2.75, 3.05) is 0 Å². The van der Waals surface area contributed by atoms with Gasteiger partial charge in [-0.25, -0.2) is 4.79 Å². The number of aliphatic hydroxyl groups is 2. The quantitative estimate of drug-likeness (QED) is 0.407. The highest BCUT2D eigenvalue weighted by molar-refractivity contribution is 7.54. The van der Waals surface area contributed by atoms with Gasteiger partial charge in [0.15, 0.2) is 11.6 Å². The summed E-state index contributed by atoms with van der Waals surface area (Å²) in [7, 11) is -4.41. The lowest BCUT2D eigenvalue weighted by Gasteiger charge is -2.43. The first-order valence-corrected chi connectivity index (χ1v) is 12.2. The highest BCUT2D eigenvalue weighted by atomic mass is 31.2. The molecule has 0 aromatic carbocycles. The number of H-pyrrole nitrogens is 1. The van der Waals surface area contributed by atoms with Crippen molar-refractivity contribution in [1.29, 1.82) is 0 Å². The van der Waals surface area contributed by atoms with Gasteiger partial charge in [-0.2, -0.15) is 0 Å². The summed E-state index contributed by atoms with van der Waals surface area (Å²) in [5.41, 5.74) is -2.01. The number of hydrogen-bond acceptors (Lipinski definition) is 7. The van der Waals surface area contributed by atoms with E-state index in [-0.39, 0.29) is 12.8 Å². The van der Waals surface area contributed by atoms with Gasteiger partial charge in [0.2, 0.25) is 0 Å². The number of aliphatic hydroxyl groups excluding tert-OH is 1. The fourth-order valence-corrected chi connectivity index (χ4v) is 5.53. The molecule has 11 heteroatoms. The zero-order valence-corrected chi connectivity index (χ0v) is 19.9. The van der Waals surface area contributed by atoms with E-state index in [0.717, 1.165) is 4.57 Å². The van der Waals surface area contributed by atoms with Crippen molar-refractivity contribution in [2.24, 2.45) is 5.92 Å². The Bertz CT molecular complexity index is 936. The maximum absolute atomic E-state index is 12.9. The van der Waals surface area contributed by atoms with Crippen LogP contribution in [0.15, 0.2) is 15.8 Å². The van der Waals surface area contributed by atoms with Crippen molar-refractivity contribution in [2.45, 2.75) is 96.6 Å². The highest BCUT2D eigenvalue weighted by Gasteiger charge is 2.52. The lowest BCUT2D eigenvalue weighted by Crippen LogP contribution is -2.45. The predicted molar refractivity (Wildman–Crippen MR) is 115 cm³/mol. The van der Waals surface area contributed by atoms with E-state index in [0.29, 0.717) is 18.4 Å². The molecule has 0 bridgehead atoms. The van der Waals surface area contributed by atoms with E-state index in [2.05, 4.69) is 4.98 Å². The van der Waals surface area contributed by atoms with Crippen LogP contribution in [-0.2, 0) is 13.8 Å². The Kier molecular flexibility index (Phi) is 7.78. The number of aromatic amines is 1. The molecule has 0 saturated carbocycles. The van der Waals surface area contributed by atoms with Crippen LogP contribution >= 0.6 is 7.60 Å². The first-order chi connectivity index (χ1) is 14.2. The molecule has 6 unspecified atom stereocenters. The van der Waals surface area contributed by atoms with Crippen LogP contribution in [0, 0.1) is 12.8 Å². The summed E-state index contributed by atoms with van der Waals surface area (Å²) in [5.74, 6) is -0.449. The first-order valence-electron chi connectivity index (χ1n) is 10.7. The van der Waals surface area contributed by atoms with E-state index in [1.54, 1.807) is 20.8 Å². The number of nitrogens with zero attached hydrogens (tertiary/aromatic N) is 1. The summed E-state index contributed by atoms with van der Waals surface area (Å²) in [4.78, 5) is 36.6. The summed E-state index contributed by atoms with van der Waals surface area (Å²) in [6.07, 6.45) is -0.351. The van der Waals surface area contributed by atoms with Crippen LogP contribution in [0.5, 0.6) is 0 Å². The molecule has 0 amide bonds. The molecule has 1 aromatic heterocycles. The van der Waals surface area contributed by atoms with Crippen LogP contribution < -0.4 is 11.2 Å². The molecule has 0 spiro atoms. The van der Waals surface area contributed by atoms with E-state index in [9.17, 15) is 29.3 Å². The number of nitrogens with one attached hydrogen (secondary N) is 1. The average Bonchev–Trinajstić information content (AvgIpc) is 3.09.